The van der Waals surface area contributed by atoms with Crippen LogP contribution in [0.15, 0.2) is 42.5 Å². The molecule has 194 valence electrons. The van der Waals surface area contributed by atoms with E-state index in [9.17, 15) is 27.9 Å². The molecule has 0 saturated carbocycles. The van der Waals surface area contributed by atoms with Crippen molar-refractivity contribution in [2.75, 3.05) is 30.9 Å². The Hall–Kier alpha value is -3.51. The van der Waals surface area contributed by atoms with Crippen LogP contribution >= 0.6 is 0 Å². The third kappa shape index (κ3) is 6.18. The first-order valence-corrected chi connectivity index (χ1v) is 11.3. The van der Waals surface area contributed by atoms with Crippen LogP contribution in [0, 0.1) is 0 Å². The van der Waals surface area contributed by atoms with Crippen LogP contribution in [0.3, 0.4) is 0 Å². The number of carbonyl (C=O) groups is 2. The fourth-order valence-electron chi connectivity index (χ4n) is 4.41. The maximum Gasteiger partial charge on any atom is 0.405 e. The van der Waals surface area contributed by atoms with Crippen LogP contribution in [-0.2, 0) is 9.53 Å². The Morgan fingerprint density at radius 3 is 2.47 bits per heavy atom. The lowest BCUT2D eigenvalue weighted by Crippen LogP contribution is -2.47. The van der Waals surface area contributed by atoms with Crippen LogP contribution in [0.2, 0.25) is 0 Å². The number of benzene rings is 2. The Bertz CT molecular complexity index is 1100. The molecule has 1 saturated heterocycles. The predicted octanol–water partition coefficient (Wildman–Crippen LogP) is 3.40. The molecule has 4 N–H and O–H groups in total. The molecule has 0 bridgehead atoms. The Kier molecular flexibility index (Phi) is 7.55. The number of ether oxygens (including phenoxy) is 3. The van der Waals surface area contributed by atoms with E-state index in [-0.39, 0.29) is 18.9 Å². The number of aliphatic hydroxyl groups excluding tert-OH is 1. The summed E-state index contributed by atoms with van der Waals surface area (Å²) >= 11 is 0. The predicted molar refractivity (Wildman–Crippen MR) is 123 cm³/mol. The molecule has 2 aliphatic heterocycles. The minimum Gasteiger partial charge on any atom is -0.497 e. The number of amides is 3. The highest BCUT2D eigenvalue weighted by Crippen LogP contribution is 2.47. The van der Waals surface area contributed by atoms with Gasteiger partial charge in [0.05, 0.1) is 26.2 Å². The van der Waals surface area contributed by atoms with Crippen molar-refractivity contribution < 1.29 is 42.1 Å². The standard InChI is InChI=1S/C24H26F3N3O6/c1-34-15-5-2-13(3-6-15)29-23(33)30-14-4-7-19-17(8-14)18-9-16(35-20(11-31)22(18)36-19)10-21(32)28-12-24(25,26)27/h2-8,16,18,20,22,31H,9-12H2,1H3,(H,28,32)(H2,29,30,33)/t16-,18-,20-,22+/m1/s1. The number of aliphatic hydroxyl groups is 1. The van der Waals surface area contributed by atoms with Gasteiger partial charge in [0.2, 0.25) is 5.91 Å². The quantitative estimate of drug-likeness (QED) is 0.455. The van der Waals surface area contributed by atoms with E-state index in [1.165, 1.54) is 0 Å². The molecule has 2 heterocycles. The van der Waals surface area contributed by atoms with Gasteiger partial charge in [-0.15, -0.1) is 0 Å². The van der Waals surface area contributed by atoms with Gasteiger partial charge in [0.1, 0.15) is 30.3 Å². The van der Waals surface area contributed by atoms with Gasteiger partial charge in [-0.25, -0.2) is 4.79 Å². The van der Waals surface area contributed by atoms with Crippen molar-refractivity contribution in [1.29, 1.82) is 0 Å². The van der Waals surface area contributed by atoms with Crippen molar-refractivity contribution in [3.63, 3.8) is 0 Å². The third-order valence-electron chi connectivity index (χ3n) is 6.00. The van der Waals surface area contributed by atoms with Gasteiger partial charge in [-0.1, -0.05) is 0 Å². The molecule has 1 fully saturated rings. The number of nitrogens with one attached hydrogen (secondary N) is 3. The minimum absolute atomic E-state index is 0.280. The number of carbonyl (C=O) groups excluding carboxylic acids is 2. The van der Waals surface area contributed by atoms with Gasteiger partial charge in [-0.3, -0.25) is 4.79 Å². The number of hydrogen-bond acceptors (Lipinski definition) is 6. The largest absolute Gasteiger partial charge is 0.497 e. The van der Waals surface area contributed by atoms with Gasteiger partial charge in [0.25, 0.3) is 0 Å². The molecular formula is C24H26F3N3O6. The van der Waals surface area contributed by atoms with Crippen LogP contribution in [0.1, 0.15) is 24.3 Å². The second-order valence-electron chi connectivity index (χ2n) is 8.56. The number of alkyl halides is 3. The second kappa shape index (κ2) is 10.6. The van der Waals surface area contributed by atoms with Gasteiger partial charge in [-0.05, 0) is 48.9 Å². The van der Waals surface area contributed by atoms with Gasteiger partial charge in [0.15, 0.2) is 0 Å². The molecule has 2 aromatic rings. The lowest BCUT2D eigenvalue weighted by atomic mass is 9.84. The highest BCUT2D eigenvalue weighted by molar-refractivity contribution is 5.99. The van der Waals surface area contributed by atoms with Gasteiger partial charge in [-0.2, -0.15) is 13.2 Å². The first-order chi connectivity index (χ1) is 17.1. The van der Waals surface area contributed by atoms with Crippen LogP contribution in [0.25, 0.3) is 0 Å². The number of hydrogen-bond donors (Lipinski definition) is 4. The lowest BCUT2D eigenvalue weighted by molar-refractivity contribution is -0.149. The normalized spacial score (nSPS) is 22.6. The highest BCUT2D eigenvalue weighted by atomic mass is 19.4. The van der Waals surface area contributed by atoms with E-state index >= 15 is 0 Å². The van der Waals surface area contributed by atoms with Crippen molar-refractivity contribution in [3.8, 4) is 11.5 Å². The summed E-state index contributed by atoms with van der Waals surface area (Å²) in [6.45, 7) is -1.81. The molecule has 0 aromatic heterocycles. The van der Waals surface area contributed by atoms with Gasteiger partial charge < -0.3 is 35.3 Å². The summed E-state index contributed by atoms with van der Waals surface area (Å²) in [6, 6.07) is 11.5. The summed E-state index contributed by atoms with van der Waals surface area (Å²) in [7, 11) is 1.55. The van der Waals surface area contributed by atoms with Crippen molar-refractivity contribution in [2.45, 2.75) is 43.2 Å². The van der Waals surface area contributed by atoms with Crippen molar-refractivity contribution >= 4 is 23.3 Å². The van der Waals surface area contributed by atoms with Crippen molar-refractivity contribution in [3.05, 3.63) is 48.0 Å². The molecule has 4 rings (SSSR count). The molecular weight excluding hydrogens is 483 g/mol. The molecule has 0 spiro atoms. The molecule has 3 amide bonds. The molecule has 4 atom stereocenters. The topological polar surface area (TPSA) is 118 Å². The average molecular weight is 509 g/mol. The Morgan fingerprint density at radius 1 is 1.11 bits per heavy atom. The summed E-state index contributed by atoms with van der Waals surface area (Å²) < 4.78 is 54.0. The zero-order valence-corrected chi connectivity index (χ0v) is 19.3. The molecule has 2 aliphatic rings. The zero-order chi connectivity index (χ0) is 25.9. The summed E-state index contributed by atoms with van der Waals surface area (Å²) in [4.78, 5) is 24.5. The highest BCUT2D eigenvalue weighted by Gasteiger charge is 2.46. The van der Waals surface area contributed by atoms with E-state index in [2.05, 4.69) is 10.6 Å². The fraction of sp³-hybridized carbons (Fsp3) is 0.417. The number of anilines is 2. The number of halogens is 3. The molecule has 0 radical (unpaired) electrons. The Morgan fingerprint density at radius 2 is 1.81 bits per heavy atom. The number of rotatable bonds is 7. The molecule has 36 heavy (non-hydrogen) atoms. The van der Waals surface area contributed by atoms with E-state index in [4.69, 9.17) is 14.2 Å². The maximum absolute atomic E-state index is 12.5. The molecule has 12 heteroatoms. The summed E-state index contributed by atoms with van der Waals surface area (Å²) in [5.41, 5.74) is 1.82. The average Bonchev–Trinajstić information content (AvgIpc) is 3.20. The summed E-state index contributed by atoms with van der Waals surface area (Å²) in [5.74, 6) is 0.133. The minimum atomic E-state index is -4.51. The van der Waals surface area contributed by atoms with Crippen molar-refractivity contribution in [2.24, 2.45) is 0 Å². The molecule has 0 aliphatic carbocycles. The first kappa shape index (κ1) is 25.6. The monoisotopic (exact) mass is 509 g/mol. The Labute approximate surface area is 204 Å². The number of methoxy groups -OCH3 is 1. The van der Waals surface area contributed by atoms with E-state index in [0.717, 1.165) is 5.56 Å². The van der Waals surface area contributed by atoms with Crippen LogP contribution < -0.4 is 25.4 Å². The van der Waals surface area contributed by atoms with Crippen LogP contribution in [-0.4, -0.2) is 61.8 Å². The van der Waals surface area contributed by atoms with Gasteiger partial charge >= 0.3 is 12.2 Å². The summed E-state index contributed by atoms with van der Waals surface area (Å²) in [6.07, 6.45) is -6.48. The van der Waals surface area contributed by atoms with Crippen LogP contribution in [0.4, 0.5) is 29.3 Å². The summed E-state index contributed by atoms with van der Waals surface area (Å²) in [5, 5.41) is 17.1. The van der Waals surface area contributed by atoms with Gasteiger partial charge in [0, 0.05) is 22.9 Å². The van der Waals surface area contributed by atoms with E-state index in [1.807, 2.05) is 5.32 Å². The smallest absolute Gasteiger partial charge is 0.405 e. The van der Waals surface area contributed by atoms with E-state index in [1.54, 1.807) is 49.6 Å². The molecule has 0 unspecified atom stereocenters. The maximum atomic E-state index is 12.5. The Balaban J connectivity index is 1.42. The van der Waals surface area contributed by atoms with Crippen molar-refractivity contribution in [1.82, 2.24) is 5.32 Å². The van der Waals surface area contributed by atoms with Crippen LogP contribution in [0.5, 0.6) is 11.5 Å². The first-order valence-electron chi connectivity index (χ1n) is 11.3. The lowest BCUT2D eigenvalue weighted by Gasteiger charge is -2.37. The number of urea groups is 1. The SMILES string of the molecule is COc1ccc(NC(=O)Nc2ccc3c(c2)[C@H]2C[C@H](CC(=O)NCC(F)(F)F)O[C@H](CO)[C@H]2O3)cc1. The van der Waals surface area contributed by atoms with E-state index in [0.29, 0.717) is 29.3 Å². The number of fused-ring (bicyclic) bond motifs is 3. The zero-order valence-electron chi connectivity index (χ0n) is 19.3. The molecule has 2 aromatic carbocycles. The second-order valence-corrected chi connectivity index (χ2v) is 8.56. The molecule has 9 nitrogen and oxygen atoms in total. The fourth-order valence-corrected chi connectivity index (χ4v) is 4.41. The van der Waals surface area contributed by atoms with E-state index < -0.39 is 43.0 Å². The third-order valence-corrected chi connectivity index (χ3v) is 6.00.